The number of rotatable bonds is 41. The summed E-state index contributed by atoms with van der Waals surface area (Å²) in [6.45, 7) is 3.55. The fourth-order valence-corrected chi connectivity index (χ4v) is 6.90. The second-order valence-electron chi connectivity index (χ2n) is 14.7. The first-order valence-electron chi connectivity index (χ1n) is 21.7. The number of nitrogens with one attached hydrogen (secondary N) is 1. The van der Waals surface area contributed by atoms with E-state index in [-0.39, 0.29) is 32.1 Å². The highest BCUT2D eigenvalue weighted by molar-refractivity contribution is 7.47. The van der Waals surface area contributed by atoms with E-state index in [0.717, 1.165) is 38.5 Å². The molecule has 0 heterocycles. The van der Waals surface area contributed by atoms with Gasteiger partial charge in [0.05, 0.1) is 13.2 Å². The van der Waals surface area contributed by atoms with Gasteiger partial charge >= 0.3 is 13.8 Å². The lowest BCUT2D eigenvalue weighted by molar-refractivity contribution is -0.147. The molecule has 0 aliphatic carbocycles. The van der Waals surface area contributed by atoms with Gasteiger partial charge < -0.3 is 20.1 Å². The van der Waals surface area contributed by atoms with Crippen LogP contribution in [0.25, 0.3) is 0 Å². The van der Waals surface area contributed by atoms with E-state index in [4.69, 9.17) is 13.8 Å². The van der Waals surface area contributed by atoms with Crippen LogP contribution in [0.3, 0.4) is 0 Å². The summed E-state index contributed by atoms with van der Waals surface area (Å²) < 4.78 is 26.8. The predicted molar refractivity (Wildman–Crippen MR) is 215 cm³/mol. The third kappa shape index (κ3) is 39.9. The predicted octanol–water partition coefficient (Wildman–Crippen LogP) is 11.8. The third-order valence-electron chi connectivity index (χ3n) is 9.45. The molecule has 0 aromatic rings. The molecule has 10 heteroatoms. The first-order valence-corrected chi connectivity index (χ1v) is 23.2. The van der Waals surface area contributed by atoms with E-state index in [9.17, 15) is 24.2 Å². The van der Waals surface area contributed by atoms with E-state index in [0.29, 0.717) is 6.42 Å². The normalized spacial score (nSPS) is 13.4. The van der Waals surface area contributed by atoms with Crippen molar-refractivity contribution in [2.45, 2.75) is 219 Å². The van der Waals surface area contributed by atoms with Crippen LogP contribution in [0, 0.1) is 0 Å². The van der Waals surface area contributed by atoms with E-state index in [1.165, 1.54) is 148 Å². The highest BCUT2D eigenvalue weighted by Crippen LogP contribution is 2.42. The molecule has 0 spiro atoms. The van der Waals surface area contributed by atoms with Crippen LogP contribution < -0.4 is 5.32 Å². The van der Waals surface area contributed by atoms with E-state index < -0.39 is 26.5 Å². The number of aliphatic hydroxyl groups excluding tert-OH is 1. The van der Waals surface area contributed by atoms with Crippen LogP contribution in [0.4, 0.5) is 0 Å². The van der Waals surface area contributed by atoms with Crippen molar-refractivity contribution >= 4 is 19.7 Å². The van der Waals surface area contributed by atoms with E-state index in [1.54, 1.807) is 0 Å². The first kappa shape index (κ1) is 50.8. The summed E-state index contributed by atoms with van der Waals surface area (Å²) in [6.07, 6.45) is 40.1. The van der Waals surface area contributed by atoms with Crippen molar-refractivity contribution in [3.05, 3.63) is 12.2 Å². The summed E-state index contributed by atoms with van der Waals surface area (Å²) in [7, 11) is -4.41. The van der Waals surface area contributed by atoms with Crippen LogP contribution in [-0.2, 0) is 27.9 Å². The Kier molecular flexibility index (Phi) is 38.5. The zero-order valence-electron chi connectivity index (χ0n) is 33.8. The number of aliphatic hydroxyl groups is 1. The molecule has 0 saturated carbocycles. The number of ether oxygens (including phenoxy) is 1. The lowest BCUT2D eigenvalue weighted by Gasteiger charge is -2.15. The van der Waals surface area contributed by atoms with Gasteiger partial charge in [0.25, 0.3) is 0 Å². The van der Waals surface area contributed by atoms with Gasteiger partial charge in [-0.25, -0.2) is 4.57 Å². The molecule has 52 heavy (non-hydrogen) atoms. The van der Waals surface area contributed by atoms with E-state index in [1.807, 2.05) is 0 Å². The van der Waals surface area contributed by atoms with Gasteiger partial charge in [-0.1, -0.05) is 174 Å². The maximum atomic E-state index is 12.1. The fourth-order valence-electron chi connectivity index (χ4n) is 6.14. The van der Waals surface area contributed by atoms with Crippen LogP contribution in [0.15, 0.2) is 12.2 Å². The molecule has 2 atom stereocenters. The number of carbonyl (C=O) groups is 2. The minimum absolute atomic E-state index is 0.0851. The van der Waals surface area contributed by atoms with Gasteiger partial charge in [-0.2, -0.15) is 0 Å². The quantitative estimate of drug-likeness (QED) is 0.0243. The summed E-state index contributed by atoms with van der Waals surface area (Å²) in [6, 6.07) is 0. The first-order chi connectivity index (χ1) is 25.3. The number of esters is 1. The van der Waals surface area contributed by atoms with Crippen molar-refractivity contribution < 1.29 is 37.9 Å². The molecule has 0 fully saturated rings. The number of phosphoric acid groups is 1. The Morgan fingerprint density at radius 1 is 0.577 bits per heavy atom. The van der Waals surface area contributed by atoms with E-state index in [2.05, 4.69) is 31.3 Å². The topological polar surface area (TPSA) is 131 Å². The van der Waals surface area contributed by atoms with Crippen molar-refractivity contribution in [2.75, 3.05) is 26.4 Å². The van der Waals surface area contributed by atoms with Crippen molar-refractivity contribution in [3.63, 3.8) is 0 Å². The van der Waals surface area contributed by atoms with Gasteiger partial charge in [-0.15, -0.1) is 0 Å². The van der Waals surface area contributed by atoms with Gasteiger partial charge in [0, 0.05) is 19.4 Å². The molecule has 1 amide bonds. The van der Waals surface area contributed by atoms with Gasteiger partial charge in [0.1, 0.15) is 12.7 Å². The minimum Gasteiger partial charge on any atom is -0.463 e. The standard InChI is InChI=1S/C42H82NO8P/c1-3-5-7-9-11-13-15-16-17-18-19-20-21-22-23-24-25-26-28-30-32-34-41(45)43-36-37-50-52(47,48)51-39-40(44)38-49-42(46)35-33-31-29-27-14-12-10-8-6-4-2/h16-17,40,44H,3-15,18-39H2,1-2H3,(H,43,45)(H,47,48)/b17-16+. The molecular formula is C42H82NO8P. The summed E-state index contributed by atoms with van der Waals surface area (Å²) >= 11 is 0. The number of unbranched alkanes of at least 4 members (excludes halogenated alkanes) is 26. The Hall–Kier alpha value is -1.25. The molecule has 308 valence electrons. The lowest BCUT2D eigenvalue weighted by atomic mass is 10.0. The number of carbonyl (C=O) groups excluding carboxylic acids is 2. The number of amides is 1. The van der Waals surface area contributed by atoms with Crippen molar-refractivity contribution in [2.24, 2.45) is 0 Å². The Bertz CT molecular complexity index is 871. The van der Waals surface area contributed by atoms with Crippen molar-refractivity contribution in [3.8, 4) is 0 Å². The maximum Gasteiger partial charge on any atom is 0.472 e. The summed E-state index contributed by atoms with van der Waals surface area (Å²) in [5.41, 5.74) is 0. The average Bonchev–Trinajstić information content (AvgIpc) is 3.13. The average molecular weight is 760 g/mol. The van der Waals surface area contributed by atoms with Crippen LogP contribution in [0.2, 0.25) is 0 Å². The largest absolute Gasteiger partial charge is 0.472 e. The second kappa shape index (κ2) is 39.4. The van der Waals surface area contributed by atoms with Gasteiger partial charge in [0.2, 0.25) is 5.91 Å². The van der Waals surface area contributed by atoms with Gasteiger partial charge in [0.15, 0.2) is 0 Å². The Morgan fingerprint density at radius 3 is 1.44 bits per heavy atom. The SMILES string of the molecule is CCCCCCCC/C=C/CCCCCCCCCCCCCC(=O)NCCOP(=O)(O)OCC(O)COC(=O)CCCCCCCCCCCC. The monoisotopic (exact) mass is 760 g/mol. The van der Waals surface area contributed by atoms with Gasteiger partial charge in [-0.05, 0) is 38.5 Å². The summed E-state index contributed by atoms with van der Waals surface area (Å²) in [5.74, 6) is -0.512. The van der Waals surface area contributed by atoms with Crippen LogP contribution >= 0.6 is 7.82 Å². The Balaban J connectivity index is 3.54. The molecule has 0 aliphatic rings. The number of hydrogen-bond donors (Lipinski definition) is 3. The summed E-state index contributed by atoms with van der Waals surface area (Å²) in [5, 5.41) is 12.7. The molecule has 0 radical (unpaired) electrons. The Morgan fingerprint density at radius 2 is 0.981 bits per heavy atom. The molecule has 3 N–H and O–H groups in total. The molecule has 0 aromatic heterocycles. The smallest absolute Gasteiger partial charge is 0.463 e. The molecule has 0 aromatic carbocycles. The zero-order chi connectivity index (χ0) is 38.2. The molecule has 0 rings (SSSR count). The van der Waals surface area contributed by atoms with Crippen LogP contribution in [0.1, 0.15) is 213 Å². The highest BCUT2D eigenvalue weighted by Gasteiger charge is 2.23. The highest BCUT2D eigenvalue weighted by atomic mass is 31.2. The maximum absolute atomic E-state index is 12.1. The van der Waals surface area contributed by atoms with Crippen LogP contribution in [0.5, 0.6) is 0 Å². The van der Waals surface area contributed by atoms with Crippen molar-refractivity contribution in [1.29, 1.82) is 0 Å². The zero-order valence-corrected chi connectivity index (χ0v) is 34.7. The number of hydrogen-bond acceptors (Lipinski definition) is 7. The number of allylic oxidation sites excluding steroid dienone is 2. The Labute approximate surface area is 319 Å². The molecule has 0 aliphatic heterocycles. The molecule has 0 saturated heterocycles. The summed E-state index contributed by atoms with van der Waals surface area (Å²) in [4.78, 5) is 33.8. The fraction of sp³-hybridized carbons (Fsp3) is 0.905. The number of phosphoric ester groups is 1. The molecule has 9 nitrogen and oxygen atoms in total. The molecule has 0 bridgehead atoms. The molecular weight excluding hydrogens is 677 g/mol. The van der Waals surface area contributed by atoms with Gasteiger partial charge in [-0.3, -0.25) is 18.6 Å². The lowest BCUT2D eigenvalue weighted by Crippen LogP contribution is -2.27. The van der Waals surface area contributed by atoms with Crippen LogP contribution in [-0.4, -0.2) is 54.3 Å². The minimum atomic E-state index is -4.41. The molecule has 2 unspecified atom stereocenters. The third-order valence-corrected chi connectivity index (χ3v) is 10.4. The van der Waals surface area contributed by atoms with E-state index >= 15 is 0 Å². The second-order valence-corrected chi connectivity index (χ2v) is 16.1. The van der Waals surface area contributed by atoms with Crippen molar-refractivity contribution in [1.82, 2.24) is 5.32 Å².